The predicted octanol–water partition coefficient (Wildman–Crippen LogP) is 8.51. The molecule has 5 rings (SSSR count). The molecule has 4 aromatic carbocycles. The Kier molecular flexibility index (Phi) is 10.7. The highest BCUT2D eigenvalue weighted by molar-refractivity contribution is 5.91. The second-order valence-corrected chi connectivity index (χ2v) is 10.5. The van der Waals surface area contributed by atoms with E-state index in [9.17, 15) is 9.90 Å². The van der Waals surface area contributed by atoms with E-state index in [4.69, 9.17) is 18.9 Å². The lowest BCUT2D eigenvalue weighted by Gasteiger charge is -2.18. The standard InChI is InChI=1S/C37H38N2O6/c1-3-12-29-33(17-10-18-34(29)45-35-16-9-8-15-30(35)37(40)41)42-21-11-22-43-36-24-27(25-44-28-13-6-5-7-14-28)31(23-26(36)4-2)32-19-20-38-39-32/h5-10,13-20,23-24H,3-4,11-12,21-22,25H2,1-2H3,(H,38,39)(H,40,41). The van der Waals surface area contributed by atoms with E-state index in [1.54, 1.807) is 24.4 Å². The highest BCUT2D eigenvalue weighted by Crippen LogP contribution is 2.35. The summed E-state index contributed by atoms with van der Waals surface area (Å²) >= 11 is 0. The SMILES string of the molecule is CCCc1c(OCCCOc2cc(COc3ccccc3)c(-c3ccn[nH]3)cc2CC)cccc1Oc1ccccc1C(=O)O. The molecule has 232 valence electrons. The maximum Gasteiger partial charge on any atom is 0.339 e. The van der Waals surface area contributed by atoms with Gasteiger partial charge in [0.2, 0.25) is 0 Å². The fraction of sp³-hybridized carbons (Fsp3) is 0.243. The Morgan fingerprint density at radius 2 is 1.51 bits per heavy atom. The Bertz CT molecular complexity index is 1690. The van der Waals surface area contributed by atoms with E-state index >= 15 is 0 Å². The number of hydrogen-bond donors (Lipinski definition) is 2. The molecule has 1 heterocycles. The molecular formula is C37H38N2O6. The van der Waals surface area contributed by atoms with Gasteiger partial charge in [-0.3, -0.25) is 5.10 Å². The van der Waals surface area contributed by atoms with Crippen LogP contribution in [-0.4, -0.2) is 34.5 Å². The number of benzene rings is 4. The fourth-order valence-electron chi connectivity index (χ4n) is 5.08. The molecule has 0 unspecified atom stereocenters. The average Bonchev–Trinajstić information content (AvgIpc) is 3.60. The van der Waals surface area contributed by atoms with Gasteiger partial charge in [0.1, 0.15) is 40.9 Å². The zero-order chi connectivity index (χ0) is 31.4. The number of carboxylic acids is 1. The smallest absolute Gasteiger partial charge is 0.339 e. The van der Waals surface area contributed by atoms with Crippen LogP contribution in [0.5, 0.6) is 28.7 Å². The second kappa shape index (κ2) is 15.5. The Hall–Kier alpha value is -5.24. The minimum absolute atomic E-state index is 0.113. The minimum atomic E-state index is -1.03. The lowest BCUT2D eigenvalue weighted by atomic mass is 9.99. The molecule has 0 saturated carbocycles. The summed E-state index contributed by atoms with van der Waals surface area (Å²) in [4.78, 5) is 11.7. The Morgan fingerprint density at radius 1 is 0.778 bits per heavy atom. The number of H-pyrrole nitrogens is 1. The number of ether oxygens (including phenoxy) is 4. The van der Waals surface area contributed by atoms with E-state index < -0.39 is 5.97 Å². The van der Waals surface area contributed by atoms with Crippen molar-refractivity contribution in [2.45, 2.75) is 46.1 Å². The molecular weight excluding hydrogens is 568 g/mol. The second-order valence-electron chi connectivity index (χ2n) is 10.5. The van der Waals surface area contributed by atoms with Crippen LogP contribution in [0.2, 0.25) is 0 Å². The molecule has 8 nitrogen and oxygen atoms in total. The van der Waals surface area contributed by atoms with E-state index in [-0.39, 0.29) is 5.56 Å². The Balaban J connectivity index is 1.25. The third-order valence-electron chi connectivity index (χ3n) is 7.33. The number of aromatic carboxylic acids is 1. The van der Waals surface area contributed by atoms with Crippen molar-refractivity contribution in [3.63, 3.8) is 0 Å². The summed E-state index contributed by atoms with van der Waals surface area (Å²) in [5.41, 5.74) is 5.08. The van der Waals surface area contributed by atoms with Crippen LogP contribution in [0.25, 0.3) is 11.3 Å². The van der Waals surface area contributed by atoms with E-state index in [1.807, 2.05) is 54.6 Å². The monoisotopic (exact) mass is 606 g/mol. The van der Waals surface area contributed by atoms with E-state index in [1.165, 1.54) is 6.07 Å². The molecule has 0 aliphatic heterocycles. The molecule has 5 aromatic rings. The predicted molar refractivity (Wildman–Crippen MR) is 174 cm³/mol. The first-order valence-electron chi connectivity index (χ1n) is 15.3. The van der Waals surface area contributed by atoms with Crippen LogP contribution in [0.15, 0.2) is 97.2 Å². The van der Waals surface area contributed by atoms with Crippen LogP contribution in [0, 0.1) is 0 Å². The molecule has 8 heteroatoms. The van der Waals surface area contributed by atoms with E-state index in [0.717, 1.165) is 64.5 Å². The first kappa shape index (κ1) is 31.2. The van der Waals surface area contributed by atoms with Gasteiger partial charge in [-0.2, -0.15) is 5.10 Å². The van der Waals surface area contributed by atoms with Crippen molar-refractivity contribution in [3.05, 3.63) is 119 Å². The Labute approximate surface area is 263 Å². The fourth-order valence-corrected chi connectivity index (χ4v) is 5.08. The van der Waals surface area contributed by atoms with Gasteiger partial charge in [0.25, 0.3) is 0 Å². The van der Waals surface area contributed by atoms with Crippen molar-refractivity contribution in [2.24, 2.45) is 0 Å². The van der Waals surface area contributed by atoms with Crippen LogP contribution in [0.1, 0.15) is 53.7 Å². The van der Waals surface area contributed by atoms with Crippen molar-refractivity contribution < 1.29 is 28.8 Å². The summed E-state index contributed by atoms with van der Waals surface area (Å²) in [6.07, 6.45) is 4.83. The molecule has 0 spiro atoms. The molecule has 0 amide bonds. The van der Waals surface area contributed by atoms with Gasteiger partial charge in [0, 0.05) is 29.3 Å². The number of aryl methyl sites for hydroxylation is 1. The molecule has 0 atom stereocenters. The van der Waals surface area contributed by atoms with Crippen molar-refractivity contribution in [2.75, 3.05) is 13.2 Å². The van der Waals surface area contributed by atoms with Crippen molar-refractivity contribution >= 4 is 5.97 Å². The Morgan fingerprint density at radius 3 is 2.24 bits per heavy atom. The van der Waals surface area contributed by atoms with Gasteiger partial charge >= 0.3 is 5.97 Å². The lowest BCUT2D eigenvalue weighted by molar-refractivity contribution is 0.0694. The summed E-state index contributed by atoms with van der Waals surface area (Å²) < 4.78 is 24.7. The number of aromatic amines is 1. The molecule has 0 saturated heterocycles. The minimum Gasteiger partial charge on any atom is -0.493 e. The quantitative estimate of drug-likeness (QED) is 0.109. The van der Waals surface area contributed by atoms with Gasteiger partial charge in [-0.05, 0) is 73.0 Å². The van der Waals surface area contributed by atoms with Crippen LogP contribution in [0.4, 0.5) is 0 Å². The summed E-state index contributed by atoms with van der Waals surface area (Å²) in [5, 5.41) is 16.8. The molecule has 1 aromatic heterocycles. The topological polar surface area (TPSA) is 103 Å². The van der Waals surface area contributed by atoms with Crippen molar-refractivity contribution in [1.29, 1.82) is 0 Å². The maximum atomic E-state index is 11.7. The molecule has 0 radical (unpaired) electrons. The molecule has 0 bridgehead atoms. The molecule has 45 heavy (non-hydrogen) atoms. The zero-order valence-electron chi connectivity index (χ0n) is 25.6. The van der Waals surface area contributed by atoms with Crippen LogP contribution < -0.4 is 18.9 Å². The molecule has 2 N–H and O–H groups in total. The largest absolute Gasteiger partial charge is 0.493 e. The first-order valence-corrected chi connectivity index (χ1v) is 15.3. The van der Waals surface area contributed by atoms with Gasteiger partial charge in [-0.15, -0.1) is 0 Å². The molecule has 0 aliphatic carbocycles. The summed E-state index contributed by atoms with van der Waals surface area (Å²) in [5.74, 6) is 2.21. The number of carbonyl (C=O) groups is 1. The summed E-state index contributed by atoms with van der Waals surface area (Å²) in [7, 11) is 0. The number of para-hydroxylation sites is 2. The number of hydrogen-bond acceptors (Lipinski definition) is 6. The summed E-state index contributed by atoms with van der Waals surface area (Å²) in [6.45, 7) is 5.50. The third-order valence-corrected chi connectivity index (χ3v) is 7.33. The van der Waals surface area contributed by atoms with Crippen LogP contribution in [0.3, 0.4) is 0 Å². The van der Waals surface area contributed by atoms with E-state index in [0.29, 0.717) is 37.7 Å². The zero-order valence-corrected chi connectivity index (χ0v) is 25.6. The maximum absolute atomic E-state index is 11.7. The van der Waals surface area contributed by atoms with Gasteiger partial charge in [0.15, 0.2) is 0 Å². The number of carboxylic acid groups (broad SMARTS) is 1. The number of aromatic nitrogens is 2. The summed E-state index contributed by atoms with van der Waals surface area (Å²) in [6, 6.07) is 28.2. The number of rotatable bonds is 16. The highest BCUT2D eigenvalue weighted by atomic mass is 16.5. The van der Waals surface area contributed by atoms with Crippen LogP contribution in [-0.2, 0) is 19.4 Å². The lowest BCUT2D eigenvalue weighted by Crippen LogP contribution is -2.09. The van der Waals surface area contributed by atoms with Crippen molar-refractivity contribution in [1.82, 2.24) is 10.2 Å². The van der Waals surface area contributed by atoms with Gasteiger partial charge in [-0.25, -0.2) is 4.79 Å². The van der Waals surface area contributed by atoms with Gasteiger partial charge < -0.3 is 24.1 Å². The number of nitrogens with zero attached hydrogens (tertiary/aromatic N) is 1. The van der Waals surface area contributed by atoms with Gasteiger partial charge in [-0.1, -0.05) is 56.7 Å². The molecule has 0 fully saturated rings. The van der Waals surface area contributed by atoms with E-state index in [2.05, 4.69) is 36.2 Å². The van der Waals surface area contributed by atoms with Crippen LogP contribution >= 0.6 is 0 Å². The van der Waals surface area contributed by atoms with Gasteiger partial charge in [0.05, 0.1) is 18.9 Å². The average molecular weight is 607 g/mol. The van der Waals surface area contributed by atoms with Crippen molar-refractivity contribution in [3.8, 4) is 40.0 Å². The molecule has 0 aliphatic rings. The number of nitrogens with one attached hydrogen (secondary N) is 1. The third kappa shape index (κ3) is 8.03. The first-order chi connectivity index (χ1) is 22.1. The normalized spacial score (nSPS) is 10.8. The highest BCUT2D eigenvalue weighted by Gasteiger charge is 2.17.